The van der Waals surface area contributed by atoms with Crippen LogP contribution in [0.5, 0.6) is 0 Å². The van der Waals surface area contributed by atoms with E-state index < -0.39 is 17.3 Å². The lowest BCUT2D eigenvalue weighted by Crippen LogP contribution is -2.32. The monoisotopic (exact) mass is 309 g/mol. The second-order valence-corrected chi connectivity index (χ2v) is 5.07. The smallest absolute Gasteiger partial charge is 0.363 e. The molecule has 0 bridgehead atoms. The summed E-state index contributed by atoms with van der Waals surface area (Å²) < 4.78 is 38.7. The van der Waals surface area contributed by atoms with Crippen LogP contribution >= 0.6 is 15.9 Å². The number of pyridine rings is 1. The SMILES string of the molecule is NCC1(Nc2ncc(Br)cc2C(F)(F)F)CC1. The van der Waals surface area contributed by atoms with Crippen molar-refractivity contribution in [2.75, 3.05) is 11.9 Å². The summed E-state index contributed by atoms with van der Waals surface area (Å²) in [6.07, 6.45) is -1.54. The molecule has 1 aliphatic carbocycles. The van der Waals surface area contributed by atoms with Gasteiger partial charge in [-0.05, 0) is 34.8 Å². The zero-order chi connectivity index (χ0) is 12.7. The number of nitrogens with zero attached hydrogens (tertiary/aromatic N) is 1. The van der Waals surface area contributed by atoms with Crippen molar-refractivity contribution in [3.8, 4) is 0 Å². The topological polar surface area (TPSA) is 50.9 Å². The number of nitrogens with one attached hydrogen (secondary N) is 1. The molecule has 0 radical (unpaired) electrons. The number of anilines is 1. The summed E-state index contributed by atoms with van der Waals surface area (Å²) in [5.41, 5.74) is 4.35. The van der Waals surface area contributed by atoms with Crippen LogP contribution in [-0.2, 0) is 6.18 Å². The molecule has 94 valence electrons. The van der Waals surface area contributed by atoms with Crippen LogP contribution in [0.4, 0.5) is 19.0 Å². The maximum atomic E-state index is 12.8. The number of aromatic nitrogens is 1. The van der Waals surface area contributed by atoms with Gasteiger partial charge in [-0.15, -0.1) is 0 Å². The van der Waals surface area contributed by atoms with Crippen molar-refractivity contribution >= 4 is 21.7 Å². The summed E-state index contributed by atoms with van der Waals surface area (Å²) in [6, 6.07) is 1.02. The van der Waals surface area contributed by atoms with Gasteiger partial charge < -0.3 is 11.1 Å². The van der Waals surface area contributed by atoms with E-state index in [1.54, 1.807) is 0 Å². The highest BCUT2D eigenvalue weighted by Gasteiger charge is 2.44. The van der Waals surface area contributed by atoms with E-state index in [0.717, 1.165) is 18.9 Å². The first kappa shape index (κ1) is 12.6. The number of halogens is 4. The molecule has 2 rings (SSSR count). The Balaban J connectivity index is 2.33. The highest BCUT2D eigenvalue weighted by Crippen LogP contribution is 2.41. The Morgan fingerprint density at radius 1 is 1.47 bits per heavy atom. The Morgan fingerprint density at radius 3 is 2.59 bits per heavy atom. The van der Waals surface area contributed by atoms with Crippen LogP contribution in [-0.4, -0.2) is 17.1 Å². The minimum Gasteiger partial charge on any atom is -0.363 e. The third-order valence-electron chi connectivity index (χ3n) is 2.79. The number of rotatable bonds is 3. The maximum absolute atomic E-state index is 12.8. The average molecular weight is 310 g/mol. The molecule has 0 unspecified atom stereocenters. The third-order valence-corrected chi connectivity index (χ3v) is 3.22. The fourth-order valence-corrected chi connectivity index (χ4v) is 1.87. The molecule has 0 aliphatic heterocycles. The van der Waals surface area contributed by atoms with E-state index in [9.17, 15) is 13.2 Å². The summed E-state index contributed by atoms with van der Waals surface area (Å²) in [5.74, 6) is -0.149. The van der Waals surface area contributed by atoms with E-state index in [4.69, 9.17) is 5.73 Å². The molecule has 1 aliphatic rings. The van der Waals surface area contributed by atoms with Crippen LogP contribution in [0.15, 0.2) is 16.7 Å². The first-order chi connectivity index (χ1) is 7.86. The fourth-order valence-electron chi connectivity index (χ4n) is 1.54. The van der Waals surface area contributed by atoms with Crippen molar-refractivity contribution in [1.29, 1.82) is 0 Å². The molecule has 3 N–H and O–H groups in total. The van der Waals surface area contributed by atoms with Crippen molar-refractivity contribution in [1.82, 2.24) is 4.98 Å². The van der Waals surface area contributed by atoms with Crippen molar-refractivity contribution in [2.24, 2.45) is 5.73 Å². The van der Waals surface area contributed by atoms with Gasteiger partial charge in [0.1, 0.15) is 5.82 Å². The highest BCUT2D eigenvalue weighted by molar-refractivity contribution is 9.10. The third kappa shape index (κ3) is 2.71. The van der Waals surface area contributed by atoms with Gasteiger partial charge in [-0.25, -0.2) is 4.98 Å². The van der Waals surface area contributed by atoms with Gasteiger partial charge in [0, 0.05) is 17.2 Å². The van der Waals surface area contributed by atoms with Gasteiger partial charge in [-0.1, -0.05) is 0 Å². The van der Waals surface area contributed by atoms with E-state index in [1.807, 2.05) is 0 Å². The molecular weight excluding hydrogens is 299 g/mol. The maximum Gasteiger partial charge on any atom is 0.419 e. The largest absolute Gasteiger partial charge is 0.419 e. The standard InChI is InChI=1S/C10H11BrF3N3/c11-6-3-7(10(12,13)14)8(16-4-6)17-9(5-15)1-2-9/h3-4H,1-2,5,15H2,(H,16,17). The van der Waals surface area contributed by atoms with Crippen LogP contribution in [0.25, 0.3) is 0 Å². The highest BCUT2D eigenvalue weighted by atomic mass is 79.9. The molecule has 1 fully saturated rings. The van der Waals surface area contributed by atoms with Crippen LogP contribution < -0.4 is 11.1 Å². The molecule has 3 nitrogen and oxygen atoms in total. The first-order valence-corrected chi connectivity index (χ1v) is 5.87. The van der Waals surface area contributed by atoms with Crippen LogP contribution in [0.1, 0.15) is 18.4 Å². The summed E-state index contributed by atoms with van der Waals surface area (Å²) in [5, 5.41) is 2.80. The molecule has 0 saturated heterocycles. The molecule has 0 spiro atoms. The second kappa shape index (κ2) is 4.13. The molecule has 1 heterocycles. The summed E-state index contributed by atoms with van der Waals surface area (Å²) in [7, 11) is 0. The minimum absolute atomic E-state index is 0.149. The van der Waals surface area contributed by atoms with E-state index in [0.29, 0.717) is 11.0 Å². The number of nitrogens with two attached hydrogens (primary N) is 1. The quantitative estimate of drug-likeness (QED) is 0.902. The van der Waals surface area contributed by atoms with E-state index in [1.165, 1.54) is 6.20 Å². The zero-order valence-electron chi connectivity index (χ0n) is 8.81. The Kier molecular flexibility index (Phi) is 3.07. The van der Waals surface area contributed by atoms with Gasteiger partial charge in [0.25, 0.3) is 0 Å². The Hall–Kier alpha value is -0.820. The molecule has 0 aromatic carbocycles. The average Bonchev–Trinajstić information content (AvgIpc) is 3.00. The molecule has 17 heavy (non-hydrogen) atoms. The van der Waals surface area contributed by atoms with Gasteiger partial charge in [0.15, 0.2) is 0 Å². The Bertz CT molecular complexity index is 429. The van der Waals surface area contributed by atoms with Crippen molar-refractivity contribution in [2.45, 2.75) is 24.6 Å². The lowest BCUT2D eigenvalue weighted by atomic mass is 10.2. The van der Waals surface area contributed by atoms with Crippen LogP contribution in [0.3, 0.4) is 0 Å². The van der Waals surface area contributed by atoms with Crippen LogP contribution in [0.2, 0.25) is 0 Å². The van der Waals surface area contributed by atoms with Gasteiger partial charge in [-0.2, -0.15) is 13.2 Å². The lowest BCUT2D eigenvalue weighted by molar-refractivity contribution is -0.137. The molecule has 1 aromatic rings. The fraction of sp³-hybridized carbons (Fsp3) is 0.500. The number of hydrogen-bond acceptors (Lipinski definition) is 3. The number of hydrogen-bond donors (Lipinski definition) is 2. The van der Waals surface area contributed by atoms with Crippen molar-refractivity contribution in [3.05, 3.63) is 22.3 Å². The zero-order valence-corrected chi connectivity index (χ0v) is 10.4. The number of alkyl halides is 3. The van der Waals surface area contributed by atoms with Crippen molar-refractivity contribution < 1.29 is 13.2 Å². The molecule has 0 atom stereocenters. The molecule has 1 aromatic heterocycles. The molecule has 0 amide bonds. The minimum atomic E-state index is -4.43. The van der Waals surface area contributed by atoms with E-state index >= 15 is 0 Å². The predicted octanol–water partition coefficient (Wildman–Crippen LogP) is 2.77. The van der Waals surface area contributed by atoms with Gasteiger partial charge in [0.2, 0.25) is 0 Å². The molecule has 7 heteroatoms. The lowest BCUT2D eigenvalue weighted by Gasteiger charge is -2.19. The first-order valence-electron chi connectivity index (χ1n) is 5.07. The van der Waals surface area contributed by atoms with Gasteiger partial charge in [0.05, 0.1) is 11.1 Å². The Morgan fingerprint density at radius 2 is 2.12 bits per heavy atom. The second-order valence-electron chi connectivity index (χ2n) is 4.16. The van der Waals surface area contributed by atoms with Crippen molar-refractivity contribution in [3.63, 3.8) is 0 Å². The molecular formula is C10H11BrF3N3. The summed E-state index contributed by atoms with van der Waals surface area (Å²) in [6.45, 7) is 0.308. The molecule has 1 saturated carbocycles. The van der Waals surface area contributed by atoms with Gasteiger partial charge >= 0.3 is 6.18 Å². The van der Waals surface area contributed by atoms with E-state index in [-0.39, 0.29) is 5.82 Å². The predicted molar refractivity (Wildman–Crippen MR) is 61.6 cm³/mol. The summed E-state index contributed by atoms with van der Waals surface area (Å²) in [4.78, 5) is 3.78. The normalized spacial score (nSPS) is 17.9. The Labute approximate surface area is 105 Å². The van der Waals surface area contributed by atoms with Crippen LogP contribution in [0, 0.1) is 0 Å². The van der Waals surface area contributed by atoms with E-state index in [2.05, 4.69) is 26.2 Å². The van der Waals surface area contributed by atoms with Gasteiger partial charge in [-0.3, -0.25) is 0 Å². The summed E-state index contributed by atoms with van der Waals surface area (Å²) >= 11 is 2.99.